The molecule has 0 saturated carbocycles. The van der Waals surface area contributed by atoms with E-state index < -0.39 is 18.0 Å². The molecule has 9 heteroatoms. The number of thioether (sulfide) groups is 1. The van der Waals surface area contributed by atoms with Gasteiger partial charge in [0.1, 0.15) is 5.70 Å². The van der Waals surface area contributed by atoms with Crippen LogP contribution >= 0.6 is 11.8 Å². The molecule has 0 radical (unpaired) electrons. The van der Waals surface area contributed by atoms with Crippen molar-refractivity contribution in [2.45, 2.75) is 37.8 Å². The van der Waals surface area contributed by atoms with Crippen LogP contribution in [0.5, 0.6) is 0 Å². The van der Waals surface area contributed by atoms with Gasteiger partial charge in [0, 0.05) is 11.3 Å². The number of aliphatic carboxylic acids is 1. The Kier molecular flexibility index (Phi) is 4.78. The molecule has 2 aliphatic rings. The third-order valence-electron chi connectivity index (χ3n) is 3.76. The van der Waals surface area contributed by atoms with Gasteiger partial charge in [-0.15, -0.1) is 11.8 Å². The lowest BCUT2D eigenvalue weighted by Gasteiger charge is -2.44. The lowest BCUT2D eigenvalue weighted by molar-refractivity contribution is -0.161. The minimum absolute atomic E-state index is 0.0502. The summed E-state index contributed by atoms with van der Waals surface area (Å²) in [4.78, 5) is 36.5. The molecule has 2 amide bonds. The summed E-state index contributed by atoms with van der Waals surface area (Å²) in [6.45, 7) is 3.09. The van der Waals surface area contributed by atoms with E-state index in [0.717, 1.165) is 0 Å². The maximum Gasteiger partial charge on any atom is 0.353 e. The number of nitrogens with zero attached hydrogens (tertiary/aromatic N) is 1. The molecule has 122 valence electrons. The Bertz CT molecular complexity index is 548. The van der Waals surface area contributed by atoms with Gasteiger partial charge < -0.3 is 26.2 Å². The zero-order valence-corrected chi connectivity index (χ0v) is 13.1. The van der Waals surface area contributed by atoms with E-state index in [-0.39, 0.29) is 35.5 Å². The molecule has 2 heterocycles. The summed E-state index contributed by atoms with van der Waals surface area (Å²) in [5.41, 5.74) is 5.17. The second-order valence-corrected chi connectivity index (χ2v) is 6.79. The minimum atomic E-state index is -1.18. The van der Waals surface area contributed by atoms with Crippen molar-refractivity contribution in [1.82, 2.24) is 10.2 Å². The fourth-order valence-corrected chi connectivity index (χ4v) is 4.05. The summed E-state index contributed by atoms with van der Waals surface area (Å²) < 4.78 is 0. The average Bonchev–Trinajstić information content (AvgIpc) is 2.72. The highest BCUT2D eigenvalue weighted by molar-refractivity contribution is 8.03. The van der Waals surface area contributed by atoms with E-state index in [0.29, 0.717) is 11.3 Å². The van der Waals surface area contributed by atoms with Crippen LogP contribution in [0.4, 0.5) is 0 Å². The third kappa shape index (κ3) is 2.83. The van der Waals surface area contributed by atoms with E-state index in [9.17, 15) is 24.6 Å². The van der Waals surface area contributed by atoms with Gasteiger partial charge in [0.25, 0.3) is 0 Å². The standard InChI is InChI=1S/C13H19N3O5S/c1-5(17)10-7-3-8(22-6(2)15-9(18)4-14)11(13(20)21)16(7)12(10)19/h5-7,10,17H,3-4,14H2,1-2H3,(H,15,18)(H,20,21)/t5-,6?,7+,10+/m0/s1. The van der Waals surface area contributed by atoms with Gasteiger partial charge in [-0.05, 0) is 13.8 Å². The highest BCUT2D eigenvalue weighted by Crippen LogP contribution is 2.47. The van der Waals surface area contributed by atoms with Crippen molar-refractivity contribution >= 4 is 29.5 Å². The van der Waals surface area contributed by atoms with Gasteiger partial charge in [0.2, 0.25) is 11.8 Å². The van der Waals surface area contributed by atoms with Gasteiger partial charge in [-0.1, -0.05) is 0 Å². The van der Waals surface area contributed by atoms with Crippen molar-refractivity contribution < 1.29 is 24.6 Å². The molecule has 1 unspecified atom stereocenters. The van der Waals surface area contributed by atoms with Crippen LogP contribution in [0.15, 0.2) is 10.6 Å². The molecule has 5 N–H and O–H groups in total. The second kappa shape index (κ2) is 6.27. The number of carbonyl (C=O) groups is 3. The fraction of sp³-hybridized carbons (Fsp3) is 0.615. The number of carboxylic acid groups (broad SMARTS) is 1. The number of aliphatic hydroxyl groups is 1. The van der Waals surface area contributed by atoms with Crippen molar-refractivity contribution in [1.29, 1.82) is 0 Å². The third-order valence-corrected chi connectivity index (χ3v) is 4.88. The second-order valence-electron chi connectivity index (χ2n) is 5.35. The van der Waals surface area contributed by atoms with Gasteiger partial charge in [-0.2, -0.15) is 0 Å². The quantitative estimate of drug-likeness (QED) is 0.365. The summed E-state index contributed by atoms with van der Waals surface area (Å²) in [5, 5.41) is 21.3. The normalized spacial score (nSPS) is 26.4. The predicted molar refractivity (Wildman–Crippen MR) is 79.3 cm³/mol. The molecule has 2 aliphatic heterocycles. The maximum absolute atomic E-state index is 12.0. The molecule has 0 aromatic rings. The smallest absolute Gasteiger partial charge is 0.353 e. The Balaban J connectivity index is 2.15. The SMILES string of the molecule is CC(NC(=O)CN)SC1=C(C(=O)O)N2C(=O)[C@H]([C@H](C)O)[C@H]2C1. The first-order chi connectivity index (χ1) is 10.3. The Morgan fingerprint density at radius 1 is 1.50 bits per heavy atom. The molecular formula is C13H19N3O5S. The van der Waals surface area contributed by atoms with E-state index in [1.807, 2.05) is 0 Å². The molecule has 0 bridgehead atoms. The van der Waals surface area contributed by atoms with Gasteiger partial charge >= 0.3 is 5.97 Å². The number of rotatable bonds is 6. The van der Waals surface area contributed by atoms with E-state index >= 15 is 0 Å². The Morgan fingerprint density at radius 2 is 2.14 bits per heavy atom. The molecule has 8 nitrogen and oxygen atoms in total. The number of hydrogen-bond acceptors (Lipinski definition) is 6. The van der Waals surface area contributed by atoms with Gasteiger partial charge in [-0.25, -0.2) is 4.79 Å². The molecule has 0 spiro atoms. The van der Waals surface area contributed by atoms with Crippen LogP contribution in [0.25, 0.3) is 0 Å². The van der Waals surface area contributed by atoms with E-state index in [4.69, 9.17) is 5.73 Å². The van der Waals surface area contributed by atoms with Crippen LogP contribution in [0.1, 0.15) is 20.3 Å². The summed E-state index contributed by atoms with van der Waals surface area (Å²) >= 11 is 1.19. The Morgan fingerprint density at radius 3 is 2.64 bits per heavy atom. The first-order valence-electron chi connectivity index (χ1n) is 6.91. The number of β-lactam (4-membered cyclic amide) rings is 1. The van der Waals surface area contributed by atoms with Crippen LogP contribution < -0.4 is 11.1 Å². The van der Waals surface area contributed by atoms with E-state index in [1.54, 1.807) is 6.92 Å². The number of carbonyl (C=O) groups excluding carboxylic acids is 2. The molecular weight excluding hydrogens is 310 g/mol. The molecule has 0 aliphatic carbocycles. The van der Waals surface area contributed by atoms with Crippen LogP contribution in [-0.4, -0.2) is 57.0 Å². The van der Waals surface area contributed by atoms with Crippen molar-refractivity contribution in [3.8, 4) is 0 Å². The monoisotopic (exact) mass is 329 g/mol. The number of aliphatic hydroxyl groups excluding tert-OH is 1. The first-order valence-corrected chi connectivity index (χ1v) is 7.79. The summed E-state index contributed by atoms with van der Waals surface area (Å²) in [6.07, 6.45) is -0.446. The topological polar surface area (TPSA) is 133 Å². The van der Waals surface area contributed by atoms with Crippen LogP contribution in [-0.2, 0) is 14.4 Å². The number of amides is 2. The highest BCUT2D eigenvalue weighted by atomic mass is 32.2. The molecule has 4 atom stereocenters. The van der Waals surface area contributed by atoms with Gasteiger partial charge in [-0.3, -0.25) is 9.59 Å². The lowest BCUT2D eigenvalue weighted by atomic mass is 9.83. The van der Waals surface area contributed by atoms with Crippen molar-refractivity contribution in [3.63, 3.8) is 0 Å². The molecule has 22 heavy (non-hydrogen) atoms. The van der Waals surface area contributed by atoms with Crippen LogP contribution in [0.3, 0.4) is 0 Å². The summed E-state index contributed by atoms with van der Waals surface area (Å²) in [6, 6.07) is -0.321. The molecule has 1 saturated heterocycles. The van der Waals surface area contributed by atoms with Crippen LogP contribution in [0, 0.1) is 5.92 Å². The Labute approximate surface area is 131 Å². The minimum Gasteiger partial charge on any atom is -0.477 e. The largest absolute Gasteiger partial charge is 0.477 e. The molecule has 2 rings (SSSR count). The number of nitrogens with one attached hydrogen (secondary N) is 1. The number of fused-ring (bicyclic) bond motifs is 1. The summed E-state index contributed by atoms with van der Waals surface area (Å²) in [5.74, 6) is -2.45. The molecule has 0 aromatic heterocycles. The van der Waals surface area contributed by atoms with Gasteiger partial charge in [0.15, 0.2) is 0 Å². The maximum atomic E-state index is 12.0. The lowest BCUT2D eigenvalue weighted by Crippen LogP contribution is -2.61. The fourth-order valence-electron chi connectivity index (χ4n) is 2.86. The molecule has 1 fully saturated rings. The number of carboxylic acids is 1. The first kappa shape index (κ1) is 16.8. The van der Waals surface area contributed by atoms with Crippen molar-refractivity contribution in [2.24, 2.45) is 11.7 Å². The van der Waals surface area contributed by atoms with E-state index in [2.05, 4.69) is 5.32 Å². The van der Waals surface area contributed by atoms with Crippen LogP contribution in [0.2, 0.25) is 0 Å². The van der Waals surface area contributed by atoms with E-state index in [1.165, 1.54) is 23.6 Å². The van der Waals surface area contributed by atoms with Gasteiger partial charge in [0.05, 0.1) is 30.0 Å². The number of hydrogen-bond donors (Lipinski definition) is 4. The zero-order valence-electron chi connectivity index (χ0n) is 12.3. The zero-order chi connectivity index (χ0) is 16.6. The average molecular weight is 329 g/mol. The molecule has 0 aromatic carbocycles. The van der Waals surface area contributed by atoms with Crippen molar-refractivity contribution in [2.75, 3.05) is 6.54 Å². The number of nitrogens with two attached hydrogens (primary N) is 1. The predicted octanol–water partition coefficient (Wildman–Crippen LogP) is -0.952. The summed E-state index contributed by atoms with van der Waals surface area (Å²) in [7, 11) is 0. The van der Waals surface area contributed by atoms with Crippen molar-refractivity contribution in [3.05, 3.63) is 10.6 Å². The Hall–Kier alpha value is -1.58. The highest BCUT2D eigenvalue weighted by Gasteiger charge is 2.56.